The van der Waals surface area contributed by atoms with Crippen molar-refractivity contribution in [3.05, 3.63) is 32.2 Å². The van der Waals surface area contributed by atoms with Gasteiger partial charge in [0, 0.05) is 8.95 Å². The Labute approximate surface area is 108 Å². The van der Waals surface area contributed by atoms with Gasteiger partial charge in [-0.2, -0.15) is 0 Å². The average molecular weight is 352 g/mol. The van der Waals surface area contributed by atoms with Crippen LogP contribution in [0.4, 0.5) is 0 Å². The van der Waals surface area contributed by atoms with E-state index >= 15 is 0 Å². The normalized spacial score (nSPS) is 9.75. The van der Waals surface area contributed by atoms with E-state index in [1.54, 1.807) is 6.07 Å². The summed E-state index contributed by atoms with van der Waals surface area (Å²) in [7, 11) is 0. The van der Waals surface area contributed by atoms with Crippen molar-refractivity contribution >= 4 is 43.7 Å². The molecule has 0 aromatic heterocycles. The van der Waals surface area contributed by atoms with Crippen LogP contribution in [0.1, 0.15) is 20.7 Å². The summed E-state index contributed by atoms with van der Waals surface area (Å²) in [5.74, 6) is 8.88. The van der Waals surface area contributed by atoms with Gasteiger partial charge in [-0.3, -0.25) is 20.4 Å². The maximum Gasteiger partial charge on any atom is 0.267 e. The van der Waals surface area contributed by atoms with Crippen molar-refractivity contribution in [3.8, 4) is 0 Å². The number of benzene rings is 1. The number of halogens is 2. The molecule has 0 radical (unpaired) electrons. The molecule has 0 unspecified atom stereocenters. The molecule has 0 aliphatic heterocycles. The van der Waals surface area contributed by atoms with E-state index in [0.717, 1.165) is 0 Å². The number of hydrogen-bond donors (Lipinski definition) is 4. The molecular formula is C8H8Br2N4O2. The number of carbonyl (C=O) groups is 2. The molecule has 2 amide bonds. The van der Waals surface area contributed by atoms with Crippen molar-refractivity contribution in [1.29, 1.82) is 0 Å². The first-order chi connectivity index (χ1) is 7.52. The number of rotatable bonds is 2. The second-order valence-electron chi connectivity index (χ2n) is 2.73. The Hall–Kier alpha value is -0.960. The quantitative estimate of drug-likeness (QED) is 0.351. The zero-order valence-corrected chi connectivity index (χ0v) is 11.1. The molecule has 86 valence electrons. The number of nitrogens with two attached hydrogens (primary N) is 2. The van der Waals surface area contributed by atoms with Gasteiger partial charge in [-0.15, -0.1) is 0 Å². The lowest BCUT2D eigenvalue weighted by Crippen LogP contribution is -2.35. The molecule has 1 aromatic rings. The predicted octanol–water partition coefficient (Wildman–Crippen LogP) is 0.419. The van der Waals surface area contributed by atoms with Gasteiger partial charge in [-0.1, -0.05) is 0 Å². The number of hydrogen-bond acceptors (Lipinski definition) is 4. The highest BCUT2D eigenvalue weighted by molar-refractivity contribution is 9.13. The van der Waals surface area contributed by atoms with Crippen LogP contribution in [0.25, 0.3) is 0 Å². The Bertz CT molecular complexity index is 450. The molecule has 6 nitrogen and oxygen atoms in total. The predicted molar refractivity (Wildman–Crippen MR) is 65.1 cm³/mol. The van der Waals surface area contributed by atoms with Crippen LogP contribution in [0.3, 0.4) is 0 Å². The van der Waals surface area contributed by atoms with Gasteiger partial charge in [-0.25, -0.2) is 11.7 Å². The number of amides is 2. The van der Waals surface area contributed by atoms with Crippen molar-refractivity contribution in [1.82, 2.24) is 10.9 Å². The van der Waals surface area contributed by atoms with Gasteiger partial charge >= 0.3 is 0 Å². The highest BCUT2D eigenvalue weighted by Gasteiger charge is 2.20. The third-order valence-corrected chi connectivity index (χ3v) is 3.85. The number of nitrogens with one attached hydrogen (secondary N) is 2. The third-order valence-electron chi connectivity index (χ3n) is 1.83. The highest BCUT2D eigenvalue weighted by Crippen LogP contribution is 2.29. The van der Waals surface area contributed by atoms with E-state index < -0.39 is 11.8 Å². The van der Waals surface area contributed by atoms with Crippen LogP contribution < -0.4 is 22.5 Å². The van der Waals surface area contributed by atoms with Gasteiger partial charge in [0.25, 0.3) is 11.8 Å². The lowest BCUT2D eigenvalue weighted by atomic mass is 10.1. The van der Waals surface area contributed by atoms with E-state index in [9.17, 15) is 9.59 Å². The van der Waals surface area contributed by atoms with Gasteiger partial charge in [0.05, 0.1) is 11.1 Å². The Kier molecular flexibility index (Phi) is 4.42. The van der Waals surface area contributed by atoms with Gasteiger partial charge < -0.3 is 0 Å². The molecule has 1 rings (SSSR count). The van der Waals surface area contributed by atoms with E-state index in [1.807, 2.05) is 10.9 Å². The first kappa shape index (κ1) is 13.1. The molecule has 0 fully saturated rings. The van der Waals surface area contributed by atoms with Crippen LogP contribution in [-0.4, -0.2) is 11.8 Å². The van der Waals surface area contributed by atoms with Crippen molar-refractivity contribution in [2.45, 2.75) is 0 Å². The second kappa shape index (κ2) is 5.39. The summed E-state index contributed by atoms with van der Waals surface area (Å²) < 4.78 is 1.05. The van der Waals surface area contributed by atoms with Crippen molar-refractivity contribution in [2.24, 2.45) is 11.7 Å². The van der Waals surface area contributed by atoms with Crippen molar-refractivity contribution in [2.75, 3.05) is 0 Å². The van der Waals surface area contributed by atoms with Crippen molar-refractivity contribution in [3.63, 3.8) is 0 Å². The standard InChI is InChI=1S/C8H8Br2N4O2/c9-4-2-1-3(7(15)13-11)5(6(4)10)8(16)14-12/h1-2H,11-12H2,(H,13,15)(H,14,16). The Morgan fingerprint density at radius 1 is 1.06 bits per heavy atom. The highest BCUT2D eigenvalue weighted by atomic mass is 79.9. The lowest BCUT2D eigenvalue weighted by Gasteiger charge is -2.10. The molecule has 0 bridgehead atoms. The van der Waals surface area contributed by atoms with E-state index in [0.29, 0.717) is 8.95 Å². The third kappa shape index (κ3) is 2.40. The fourth-order valence-corrected chi connectivity index (χ4v) is 1.97. The van der Waals surface area contributed by atoms with E-state index in [4.69, 9.17) is 11.7 Å². The maximum atomic E-state index is 11.5. The summed E-state index contributed by atoms with van der Waals surface area (Å²) in [6.45, 7) is 0. The van der Waals surface area contributed by atoms with Crippen LogP contribution >= 0.6 is 31.9 Å². The van der Waals surface area contributed by atoms with Gasteiger partial charge in [0.2, 0.25) is 0 Å². The molecular weight excluding hydrogens is 344 g/mol. The lowest BCUT2D eigenvalue weighted by molar-refractivity contribution is 0.0919. The topological polar surface area (TPSA) is 110 Å². The first-order valence-electron chi connectivity index (χ1n) is 4.02. The smallest absolute Gasteiger partial charge is 0.267 e. The van der Waals surface area contributed by atoms with Crippen LogP contribution in [0.5, 0.6) is 0 Å². The summed E-state index contributed by atoms with van der Waals surface area (Å²) in [5.41, 5.74) is 4.15. The minimum atomic E-state index is -0.591. The molecule has 0 atom stereocenters. The Morgan fingerprint density at radius 2 is 1.62 bits per heavy atom. The van der Waals surface area contributed by atoms with Gasteiger partial charge in [0.1, 0.15) is 0 Å². The number of carbonyl (C=O) groups excluding carboxylic acids is 2. The minimum absolute atomic E-state index is 0.111. The molecule has 8 heteroatoms. The second-order valence-corrected chi connectivity index (χ2v) is 4.38. The van der Waals surface area contributed by atoms with Gasteiger partial charge in [-0.05, 0) is 44.0 Å². The van der Waals surface area contributed by atoms with E-state index in [1.165, 1.54) is 6.07 Å². The summed E-state index contributed by atoms with van der Waals surface area (Å²) in [6, 6.07) is 3.07. The maximum absolute atomic E-state index is 11.5. The first-order valence-corrected chi connectivity index (χ1v) is 5.61. The fourth-order valence-electron chi connectivity index (χ4n) is 1.11. The monoisotopic (exact) mass is 350 g/mol. The summed E-state index contributed by atoms with van der Waals surface area (Å²) in [6.07, 6.45) is 0. The van der Waals surface area contributed by atoms with Crippen LogP contribution in [0.2, 0.25) is 0 Å². The molecule has 0 spiro atoms. The molecule has 1 aromatic carbocycles. The van der Waals surface area contributed by atoms with Crippen molar-refractivity contribution < 1.29 is 9.59 Å². The summed E-state index contributed by atoms with van der Waals surface area (Å²) >= 11 is 6.40. The molecule has 6 N–H and O–H groups in total. The molecule has 0 saturated heterocycles. The molecule has 0 heterocycles. The number of hydrazine groups is 2. The van der Waals surface area contributed by atoms with E-state index in [-0.39, 0.29) is 11.1 Å². The number of nitrogen functional groups attached to an aromatic ring is 2. The van der Waals surface area contributed by atoms with Gasteiger partial charge in [0.15, 0.2) is 0 Å². The van der Waals surface area contributed by atoms with Crippen LogP contribution in [-0.2, 0) is 0 Å². The Morgan fingerprint density at radius 3 is 2.12 bits per heavy atom. The summed E-state index contributed by atoms with van der Waals surface area (Å²) in [5, 5.41) is 0. The minimum Gasteiger partial charge on any atom is -0.290 e. The fraction of sp³-hybridized carbons (Fsp3) is 0. The molecule has 16 heavy (non-hydrogen) atoms. The summed E-state index contributed by atoms with van der Waals surface area (Å²) in [4.78, 5) is 22.9. The van der Waals surface area contributed by atoms with Crippen LogP contribution in [0.15, 0.2) is 21.1 Å². The average Bonchev–Trinajstić information content (AvgIpc) is 2.30. The van der Waals surface area contributed by atoms with E-state index in [2.05, 4.69) is 31.9 Å². The molecule has 0 saturated carbocycles. The zero-order chi connectivity index (χ0) is 12.3. The molecule has 0 aliphatic rings. The largest absolute Gasteiger partial charge is 0.290 e. The Balaban J connectivity index is 3.44. The SMILES string of the molecule is NNC(=O)c1ccc(Br)c(Br)c1C(=O)NN. The van der Waals surface area contributed by atoms with Crippen LogP contribution in [0, 0.1) is 0 Å². The zero-order valence-electron chi connectivity index (χ0n) is 7.88. The molecule has 0 aliphatic carbocycles.